The van der Waals surface area contributed by atoms with Crippen molar-refractivity contribution in [2.45, 2.75) is 6.54 Å². The first-order valence-electron chi connectivity index (χ1n) is 14.7. The quantitative estimate of drug-likeness (QED) is 0.131. The Kier molecular flexibility index (Phi) is 10.1. The second kappa shape index (κ2) is 14.7. The molecule has 0 aliphatic heterocycles. The Bertz CT molecular complexity index is 2140. The maximum absolute atomic E-state index is 13.4. The van der Waals surface area contributed by atoms with Crippen LogP contribution in [-0.2, 0) is 11.3 Å². The highest BCUT2D eigenvalue weighted by Gasteiger charge is 2.21. The molecule has 48 heavy (non-hydrogen) atoms. The molecule has 0 fully saturated rings. The van der Waals surface area contributed by atoms with Crippen LogP contribution in [0.2, 0.25) is 5.02 Å². The van der Waals surface area contributed by atoms with E-state index in [4.69, 9.17) is 25.8 Å². The summed E-state index contributed by atoms with van der Waals surface area (Å²) in [4.78, 5) is 36.8. The summed E-state index contributed by atoms with van der Waals surface area (Å²) >= 11 is 8.08. The average Bonchev–Trinajstić information content (AvgIpc) is 3.54. The first kappa shape index (κ1) is 32.8. The maximum Gasteiger partial charge on any atom is 0.271 e. The monoisotopic (exact) mass is 685 g/mol. The van der Waals surface area contributed by atoms with Crippen LogP contribution < -0.4 is 25.7 Å². The van der Waals surface area contributed by atoms with Crippen molar-refractivity contribution in [1.29, 1.82) is 0 Å². The van der Waals surface area contributed by atoms with Crippen molar-refractivity contribution in [3.63, 3.8) is 0 Å². The average molecular weight is 686 g/mol. The first-order chi connectivity index (χ1) is 23.3. The topological polar surface area (TPSA) is 117 Å². The SMILES string of the molecule is COCCNCc1ccc(-c2cc3nccc(Oc4ccc(NC(=O)c5c(OC)ccn(-c6ccc(F)cc6)c5=O)c(Cl)c4)c3s2)nc1. The third-order valence-electron chi connectivity index (χ3n) is 7.29. The number of thiophene rings is 1. The van der Waals surface area contributed by atoms with Crippen molar-refractivity contribution in [2.24, 2.45) is 0 Å². The van der Waals surface area contributed by atoms with Gasteiger partial charge in [0, 0.05) is 56.6 Å². The molecule has 0 aliphatic carbocycles. The summed E-state index contributed by atoms with van der Waals surface area (Å²) in [5.41, 5.74) is 2.42. The van der Waals surface area contributed by atoms with Gasteiger partial charge in [-0.2, -0.15) is 0 Å². The van der Waals surface area contributed by atoms with Gasteiger partial charge in [0.25, 0.3) is 11.5 Å². The summed E-state index contributed by atoms with van der Waals surface area (Å²) in [7, 11) is 3.03. The van der Waals surface area contributed by atoms with E-state index in [9.17, 15) is 14.0 Å². The Morgan fingerprint density at radius 1 is 1.00 bits per heavy atom. The van der Waals surface area contributed by atoms with Gasteiger partial charge in [-0.05, 0) is 60.2 Å². The molecule has 4 aromatic heterocycles. The highest BCUT2D eigenvalue weighted by Crippen LogP contribution is 2.39. The summed E-state index contributed by atoms with van der Waals surface area (Å²) in [5.74, 6) is -0.0894. The van der Waals surface area contributed by atoms with E-state index < -0.39 is 17.3 Å². The minimum atomic E-state index is -0.727. The fourth-order valence-electron chi connectivity index (χ4n) is 4.88. The van der Waals surface area contributed by atoms with Gasteiger partial charge in [0.1, 0.15) is 28.6 Å². The van der Waals surface area contributed by atoms with Crippen LogP contribution in [0.25, 0.3) is 26.5 Å². The molecule has 244 valence electrons. The molecule has 10 nitrogen and oxygen atoms in total. The van der Waals surface area contributed by atoms with Gasteiger partial charge < -0.3 is 24.8 Å². The lowest BCUT2D eigenvalue weighted by atomic mass is 10.2. The molecular weight excluding hydrogens is 657 g/mol. The number of nitrogens with zero attached hydrogens (tertiary/aromatic N) is 3. The fourth-order valence-corrected chi connectivity index (χ4v) is 6.14. The molecular formula is C35H29ClFN5O5S. The Labute approximate surface area is 283 Å². The van der Waals surface area contributed by atoms with Gasteiger partial charge in [0.15, 0.2) is 0 Å². The largest absolute Gasteiger partial charge is 0.496 e. The number of rotatable bonds is 12. The highest BCUT2D eigenvalue weighted by molar-refractivity contribution is 7.22. The van der Waals surface area contributed by atoms with E-state index in [-0.39, 0.29) is 22.0 Å². The predicted octanol–water partition coefficient (Wildman–Crippen LogP) is 7.09. The van der Waals surface area contributed by atoms with Crippen molar-refractivity contribution in [1.82, 2.24) is 19.9 Å². The normalized spacial score (nSPS) is 11.1. The van der Waals surface area contributed by atoms with Crippen molar-refractivity contribution < 1.29 is 23.4 Å². The Morgan fingerprint density at radius 3 is 2.56 bits per heavy atom. The molecule has 0 radical (unpaired) electrons. The van der Waals surface area contributed by atoms with Gasteiger partial charge in [0.05, 0.1) is 45.2 Å². The minimum Gasteiger partial charge on any atom is -0.496 e. The summed E-state index contributed by atoms with van der Waals surface area (Å²) in [6, 6.07) is 19.4. The predicted molar refractivity (Wildman–Crippen MR) is 184 cm³/mol. The van der Waals surface area contributed by atoms with Crippen LogP contribution in [0.5, 0.6) is 17.2 Å². The molecule has 1 amide bonds. The number of hydrogen-bond acceptors (Lipinski definition) is 9. The van der Waals surface area contributed by atoms with Crippen LogP contribution in [0.4, 0.5) is 10.1 Å². The van der Waals surface area contributed by atoms with E-state index in [1.165, 1.54) is 59.5 Å². The Morgan fingerprint density at radius 2 is 1.83 bits per heavy atom. The molecule has 4 heterocycles. The molecule has 13 heteroatoms. The van der Waals surface area contributed by atoms with Crippen molar-refractivity contribution >= 4 is 44.7 Å². The number of hydrogen-bond donors (Lipinski definition) is 2. The number of methoxy groups -OCH3 is 2. The van der Waals surface area contributed by atoms with E-state index in [0.29, 0.717) is 30.3 Å². The first-order valence-corrected chi connectivity index (χ1v) is 15.9. The summed E-state index contributed by atoms with van der Waals surface area (Å²) in [6.45, 7) is 2.11. The van der Waals surface area contributed by atoms with Gasteiger partial charge in [-0.1, -0.05) is 17.7 Å². The van der Waals surface area contributed by atoms with E-state index in [0.717, 1.165) is 32.9 Å². The summed E-state index contributed by atoms with van der Waals surface area (Å²) in [5, 5.41) is 6.18. The van der Waals surface area contributed by atoms with Crippen molar-refractivity contribution in [3.05, 3.63) is 124 Å². The van der Waals surface area contributed by atoms with Gasteiger partial charge >= 0.3 is 0 Å². The standard InChI is InChI=1S/C35H29ClFN5O5S/c1-45-16-14-38-19-21-3-9-27(40-20-21)31-18-28-33(48-31)30(11-13-39-28)47-24-8-10-26(25(36)17-24)41-34(43)32-29(46-2)12-15-42(35(32)44)23-6-4-22(37)5-7-23/h3-13,15,17-18,20,38H,14,16,19H2,1-2H3,(H,41,43). The summed E-state index contributed by atoms with van der Waals surface area (Å²) < 4.78 is 32.1. The van der Waals surface area contributed by atoms with Crippen LogP contribution in [0, 0.1) is 5.82 Å². The molecule has 0 bridgehead atoms. The Balaban J connectivity index is 1.19. The lowest BCUT2D eigenvalue weighted by molar-refractivity contribution is 0.102. The lowest BCUT2D eigenvalue weighted by Gasteiger charge is -2.14. The molecule has 0 spiro atoms. The third-order valence-corrected chi connectivity index (χ3v) is 8.76. The number of fused-ring (bicyclic) bond motifs is 1. The van der Waals surface area contributed by atoms with Crippen LogP contribution in [-0.4, -0.2) is 47.8 Å². The van der Waals surface area contributed by atoms with E-state index in [1.807, 2.05) is 24.4 Å². The lowest BCUT2D eigenvalue weighted by Crippen LogP contribution is -2.29. The molecule has 0 unspecified atom stereocenters. The Hall–Kier alpha value is -5.14. The molecule has 0 saturated carbocycles. The number of carbonyl (C=O) groups excluding carboxylic acids is 1. The number of anilines is 1. The van der Waals surface area contributed by atoms with E-state index in [2.05, 4.69) is 20.6 Å². The maximum atomic E-state index is 13.4. The number of ether oxygens (including phenoxy) is 3. The molecule has 0 atom stereocenters. The van der Waals surface area contributed by atoms with E-state index >= 15 is 0 Å². The molecule has 6 rings (SSSR count). The van der Waals surface area contributed by atoms with Crippen molar-refractivity contribution in [3.8, 4) is 33.5 Å². The number of pyridine rings is 3. The molecule has 2 N–H and O–H groups in total. The number of aromatic nitrogens is 3. The smallest absolute Gasteiger partial charge is 0.271 e. The minimum absolute atomic E-state index is 0.0741. The molecule has 0 saturated heterocycles. The van der Waals surface area contributed by atoms with Gasteiger partial charge in [0.2, 0.25) is 0 Å². The number of nitrogens with one attached hydrogen (secondary N) is 2. The second-order valence-corrected chi connectivity index (χ2v) is 11.9. The van der Waals surface area contributed by atoms with Crippen molar-refractivity contribution in [2.75, 3.05) is 32.7 Å². The van der Waals surface area contributed by atoms with Crippen LogP contribution in [0.1, 0.15) is 15.9 Å². The zero-order valence-electron chi connectivity index (χ0n) is 25.8. The summed E-state index contributed by atoms with van der Waals surface area (Å²) in [6.07, 6.45) is 4.97. The van der Waals surface area contributed by atoms with Crippen LogP contribution >= 0.6 is 22.9 Å². The van der Waals surface area contributed by atoms with Gasteiger partial charge in [-0.3, -0.25) is 24.1 Å². The zero-order chi connectivity index (χ0) is 33.6. The number of carbonyl (C=O) groups is 1. The third kappa shape index (κ3) is 7.21. The number of halogens is 2. The van der Waals surface area contributed by atoms with Gasteiger partial charge in [-0.25, -0.2) is 4.39 Å². The van der Waals surface area contributed by atoms with E-state index in [1.54, 1.807) is 37.6 Å². The van der Waals surface area contributed by atoms with Crippen LogP contribution in [0.3, 0.4) is 0 Å². The fraction of sp³-hybridized carbons (Fsp3) is 0.143. The van der Waals surface area contributed by atoms with Gasteiger partial charge in [-0.15, -0.1) is 11.3 Å². The highest BCUT2D eigenvalue weighted by atomic mass is 35.5. The number of amides is 1. The molecule has 0 aliphatic rings. The molecule has 2 aromatic carbocycles. The zero-order valence-corrected chi connectivity index (χ0v) is 27.4. The van der Waals surface area contributed by atoms with Crippen LogP contribution in [0.15, 0.2) is 96.2 Å². The molecule has 6 aromatic rings. The second-order valence-electron chi connectivity index (χ2n) is 10.5. The number of benzene rings is 2.